The van der Waals surface area contributed by atoms with E-state index >= 15 is 0 Å². The van der Waals surface area contributed by atoms with Gasteiger partial charge in [-0.25, -0.2) is 0 Å². The molecule has 0 aliphatic carbocycles. The average Bonchev–Trinajstić information content (AvgIpc) is 2.31. The van der Waals surface area contributed by atoms with Gasteiger partial charge in [0.05, 0.1) is 11.6 Å². The number of aromatic nitrogens is 1. The first-order valence-electron chi connectivity index (χ1n) is 4.95. The molecule has 0 spiro atoms. The Morgan fingerprint density at radius 1 is 1.44 bits per heavy atom. The number of amides is 1. The van der Waals surface area contributed by atoms with Crippen LogP contribution in [0.3, 0.4) is 0 Å². The molecule has 5 nitrogen and oxygen atoms in total. The molecular weight excluding hydrogens is 208 g/mol. The highest BCUT2D eigenvalue weighted by molar-refractivity contribution is 5.93. The van der Waals surface area contributed by atoms with Crippen molar-refractivity contribution < 1.29 is 14.3 Å². The fourth-order valence-corrected chi connectivity index (χ4v) is 1.36. The second-order valence-electron chi connectivity index (χ2n) is 3.34. The second-order valence-corrected chi connectivity index (χ2v) is 3.34. The Balaban J connectivity index is 2.58. The number of rotatable bonds is 5. The van der Waals surface area contributed by atoms with Crippen LogP contribution in [0.4, 0.5) is 0 Å². The van der Waals surface area contributed by atoms with Gasteiger partial charge in [0.2, 0.25) is 0 Å². The van der Waals surface area contributed by atoms with Crippen LogP contribution in [0.25, 0.3) is 0 Å². The van der Waals surface area contributed by atoms with Crippen LogP contribution in [0.1, 0.15) is 17.3 Å². The zero-order chi connectivity index (χ0) is 12.0. The number of hydrogen-bond donors (Lipinski definition) is 1. The van der Waals surface area contributed by atoms with Crippen molar-refractivity contribution in [3.8, 4) is 0 Å². The van der Waals surface area contributed by atoms with Gasteiger partial charge in [-0.1, -0.05) is 0 Å². The molecule has 0 fully saturated rings. The summed E-state index contributed by atoms with van der Waals surface area (Å²) in [6, 6.07) is 3.18. The van der Waals surface area contributed by atoms with Crippen LogP contribution in [0.2, 0.25) is 0 Å². The first-order valence-corrected chi connectivity index (χ1v) is 4.95. The molecule has 1 unspecified atom stereocenters. The zero-order valence-corrected chi connectivity index (χ0v) is 9.64. The summed E-state index contributed by atoms with van der Waals surface area (Å²) in [5.41, 5.74) is 0.514. The second kappa shape index (κ2) is 6.19. The van der Waals surface area contributed by atoms with E-state index in [1.807, 2.05) is 6.92 Å². The lowest BCUT2D eigenvalue weighted by molar-refractivity contribution is -0.117. The molecule has 1 heterocycles. The molecule has 0 radical (unpaired) electrons. The Hall–Kier alpha value is -1.46. The first kappa shape index (κ1) is 12.6. The Morgan fingerprint density at radius 3 is 2.62 bits per heavy atom. The van der Waals surface area contributed by atoms with E-state index in [1.54, 1.807) is 18.3 Å². The van der Waals surface area contributed by atoms with Gasteiger partial charge in [-0.05, 0) is 19.1 Å². The third kappa shape index (κ3) is 3.29. The van der Waals surface area contributed by atoms with Gasteiger partial charge in [-0.3, -0.25) is 9.78 Å². The summed E-state index contributed by atoms with van der Waals surface area (Å²) in [6.07, 6.45) is 2.67. The molecule has 1 aromatic heterocycles. The smallest absolute Gasteiger partial charge is 0.253 e. The van der Waals surface area contributed by atoms with Crippen LogP contribution in [-0.4, -0.2) is 37.4 Å². The van der Waals surface area contributed by atoms with E-state index in [0.717, 1.165) is 0 Å². The topological polar surface area (TPSA) is 60.5 Å². The summed E-state index contributed by atoms with van der Waals surface area (Å²) >= 11 is 0. The minimum Gasteiger partial charge on any atom is -0.354 e. The fourth-order valence-electron chi connectivity index (χ4n) is 1.36. The maximum absolute atomic E-state index is 11.7. The Morgan fingerprint density at radius 2 is 2.12 bits per heavy atom. The maximum Gasteiger partial charge on any atom is 0.253 e. The summed E-state index contributed by atoms with van der Waals surface area (Å²) in [5.74, 6) is -0.195. The summed E-state index contributed by atoms with van der Waals surface area (Å²) in [5, 5.41) is 2.77. The summed E-state index contributed by atoms with van der Waals surface area (Å²) in [6.45, 7) is 1.81. The van der Waals surface area contributed by atoms with Gasteiger partial charge in [-0.2, -0.15) is 0 Å². The van der Waals surface area contributed by atoms with Crippen molar-refractivity contribution >= 4 is 5.91 Å². The molecule has 0 bridgehead atoms. The molecule has 16 heavy (non-hydrogen) atoms. The van der Waals surface area contributed by atoms with E-state index in [-0.39, 0.29) is 11.9 Å². The van der Waals surface area contributed by atoms with Crippen molar-refractivity contribution in [2.75, 3.05) is 14.2 Å². The maximum atomic E-state index is 11.7. The molecule has 1 amide bonds. The van der Waals surface area contributed by atoms with Crippen molar-refractivity contribution in [1.82, 2.24) is 10.3 Å². The summed E-state index contributed by atoms with van der Waals surface area (Å²) in [7, 11) is 3.06. The number of carbonyl (C=O) groups is 1. The molecule has 5 heteroatoms. The first-order chi connectivity index (χ1) is 7.69. The van der Waals surface area contributed by atoms with Gasteiger partial charge in [0, 0.05) is 26.6 Å². The molecule has 1 rings (SSSR count). The van der Waals surface area contributed by atoms with Gasteiger partial charge in [-0.15, -0.1) is 0 Å². The lowest BCUT2D eigenvalue weighted by atomic mass is 10.2. The number of nitrogens with one attached hydrogen (secondary N) is 1. The van der Waals surface area contributed by atoms with E-state index in [1.165, 1.54) is 20.4 Å². The van der Waals surface area contributed by atoms with Crippen LogP contribution in [0.15, 0.2) is 24.5 Å². The fraction of sp³-hybridized carbons (Fsp3) is 0.455. The van der Waals surface area contributed by atoms with Crippen molar-refractivity contribution in [2.24, 2.45) is 0 Å². The number of hydrogen-bond acceptors (Lipinski definition) is 4. The molecule has 0 aliphatic rings. The van der Waals surface area contributed by atoms with Crippen LogP contribution < -0.4 is 5.32 Å². The number of methoxy groups -OCH3 is 2. The molecule has 0 saturated carbocycles. The summed E-state index contributed by atoms with van der Waals surface area (Å²) in [4.78, 5) is 15.6. The number of pyridine rings is 1. The summed E-state index contributed by atoms with van der Waals surface area (Å²) < 4.78 is 10.1. The largest absolute Gasteiger partial charge is 0.354 e. The van der Waals surface area contributed by atoms with E-state index in [9.17, 15) is 4.79 Å². The average molecular weight is 224 g/mol. The zero-order valence-electron chi connectivity index (χ0n) is 9.64. The molecular formula is C11H16N2O3. The van der Waals surface area contributed by atoms with Crippen molar-refractivity contribution in [3.05, 3.63) is 30.1 Å². The van der Waals surface area contributed by atoms with Gasteiger partial charge in [0.1, 0.15) is 0 Å². The van der Waals surface area contributed by atoms with E-state index in [4.69, 9.17) is 9.47 Å². The lowest BCUT2D eigenvalue weighted by Gasteiger charge is -2.21. The third-order valence-corrected chi connectivity index (χ3v) is 2.16. The Kier molecular flexibility index (Phi) is 4.88. The van der Waals surface area contributed by atoms with Crippen molar-refractivity contribution in [3.63, 3.8) is 0 Å². The molecule has 0 aromatic carbocycles. The highest BCUT2D eigenvalue weighted by Gasteiger charge is 2.18. The highest BCUT2D eigenvalue weighted by atomic mass is 16.7. The van der Waals surface area contributed by atoms with Gasteiger partial charge in [0.15, 0.2) is 6.29 Å². The molecule has 1 atom stereocenters. The lowest BCUT2D eigenvalue weighted by Crippen LogP contribution is -2.42. The van der Waals surface area contributed by atoms with Gasteiger partial charge in [0.25, 0.3) is 5.91 Å². The number of nitrogens with zero attached hydrogens (tertiary/aromatic N) is 1. The number of carbonyl (C=O) groups excluding carboxylic acids is 1. The quantitative estimate of drug-likeness (QED) is 0.752. The van der Waals surface area contributed by atoms with E-state index in [2.05, 4.69) is 10.3 Å². The van der Waals surface area contributed by atoms with Crippen LogP contribution in [0.5, 0.6) is 0 Å². The minimum absolute atomic E-state index is 0.195. The van der Waals surface area contributed by atoms with Crippen molar-refractivity contribution in [2.45, 2.75) is 19.3 Å². The van der Waals surface area contributed by atoms with E-state index < -0.39 is 6.29 Å². The number of ether oxygens (including phenoxy) is 2. The Labute approximate surface area is 94.8 Å². The van der Waals surface area contributed by atoms with E-state index in [0.29, 0.717) is 5.56 Å². The van der Waals surface area contributed by atoms with Crippen LogP contribution in [-0.2, 0) is 9.47 Å². The molecule has 0 aliphatic heterocycles. The normalized spacial score (nSPS) is 12.5. The molecule has 1 N–H and O–H groups in total. The van der Waals surface area contributed by atoms with Gasteiger partial charge >= 0.3 is 0 Å². The highest BCUT2D eigenvalue weighted by Crippen LogP contribution is 2.01. The molecule has 0 saturated heterocycles. The monoisotopic (exact) mass is 224 g/mol. The molecule has 88 valence electrons. The molecule has 1 aromatic rings. The SMILES string of the molecule is COC(OC)C(C)NC(=O)c1cccnc1. The minimum atomic E-state index is -0.458. The van der Waals surface area contributed by atoms with Crippen LogP contribution in [0, 0.1) is 0 Å². The van der Waals surface area contributed by atoms with Crippen LogP contribution >= 0.6 is 0 Å². The predicted molar refractivity (Wildman–Crippen MR) is 59.0 cm³/mol. The standard InChI is InChI=1S/C11H16N2O3/c1-8(11(15-2)16-3)13-10(14)9-5-4-6-12-7-9/h4-8,11H,1-3H3,(H,13,14). The van der Waals surface area contributed by atoms with Gasteiger partial charge < -0.3 is 14.8 Å². The predicted octanol–water partition coefficient (Wildman–Crippen LogP) is 0.819. The third-order valence-electron chi connectivity index (χ3n) is 2.16. The van der Waals surface area contributed by atoms with Crippen molar-refractivity contribution in [1.29, 1.82) is 0 Å². The Bertz CT molecular complexity index is 325.